The fraction of sp³-hybridized carbons (Fsp3) is 0.333. The average Bonchev–Trinajstić information content (AvgIpc) is 3.48. The maximum atomic E-state index is 14.3. The first-order valence-electron chi connectivity index (χ1n) is 11.0. The SMILES string of the molecule is CN/C=C(\C(=N)C#N)c1cc(F)cc(CNC(=O)c2ncnc3nc(C4CCCC4)n(C)c23)c1. The van der Waals surface area contributed by atoms with Crippen molar-refractivity contribution < 1.29 is 9.18 Å². The molecule has 1 aromatic carbocycles. The summed E-state index contributed by atoms with van der Waals surface area (Å²) in [7, 11) is 3.51. The van der Waals surface area contributed by atoms with Crippen LogP contribution in [0.3, 0.4) is 0 Å². The Morgan fingerprint density at radius 2 is 2.09 bits per heavy atom. The zero-order chi connectivity index (χ0) is 24.2. The van der Waals surface area contributed by atoms with E-state index in [1.165, 1.54) is 37.5 Å². The van der Waals surface area contributed by atoms with E-state index in [0.717, 1.165) is 18.7 Å². The van der Waals surface area contributed by atoms with Gasteiger partial charge in [0.05, 0.1) is 0 Å². The number of allylic oxidation sites excluding steroid dienone is 1. The molecule has 0 spiro atoms. The Bertz CT molecular complexity index is 1330. The highest BCUT2D eigenvalue weighted by Crippen LogP contribution is 2.34. The third-order valence-electron chi connectivity index (χ3n) is 6.03. The summed E-state index contributed by atoms with van der Waals surface area (Å²) in [6.45, 7) is 0.0368. The Balaban J connectivity index is 1.59. The lowest BCUT2D eigenvalue weighted by atomic mass is 10.00. The van der Waals surface area contributed by atoms with Gasteiger partial charge in [0.1, 0.15) is 35.3 Å². The van der Waals surface area contributed by atoms with E-state index in [9.17, 15) is 9.18 Å². The molecule has 0 radical (unpaired) electrons. The Morgan fingerprint density at radius 3 is 2.79 bits per heavy atom. The number of fused-ring (bicyclic) bond motifs is 1. The summed E-state index contributed by atoms with van der Waals surface area (Å²) in [6, 6.07) is 5.94. The van der Waals surface area contributed by atoms with Crippen LogP contribution in [0.5, 0.6) is 0 Å². The van der Waals surface area contributed by atoms with Crippen LogP contribution in [-0.2, 0) is 13.6 Å². The fourth-order valence-electron chi connectivity index (χ4n) is 4.45. The average molecular weight is 461 g/mol. The Kier molecular flexibility index (Phi) is 6.63. The quantitative estimate of drug-likeness (QED) is 0.464. The summed E-state index contributed by atoms with van der Waals surface area (Å²) in [5, 5.41) is 22.5. The molecule has 34 heavy (non-hydrogen) atoms. The summed E-state index contributed by atoms with van der Waals surface area (Å²) in [4.78, 5) is 26.2. The summed E-state index contributed by atoms with van der Waals surface area (Å²) in [5.74, 6) is 0.315. The molecule has 1 fully saturated rings. The predicted octanol–water partition coefficient (Wildman–Crippen LogP) is 3.19. The van der Waals surface area contributed by atoms with E-state index in [0.29, 0.717) is 28.2 Å². The molecule has 1 saturated carbocycles. The van der Waals surface area contributed by atoms with Crippen LogP contribution in [0, 0.1) is 22.6 Å². The zero-order valence-corrected chi connectivity index (χ0v) is 19.0. The van der Waals surface area contributed by atoms with Gasteiger partial charge in [-0.05, 0) is 42.2 Å². The molecule has 0 atom stereocenters. The Labute approximate surface area is 196 Å². The minimum absolute atomic E-state index is 0.0368. The summed E-state index contributed by atoms with van der Waals surface area (Å²) >= 11 is 0. The minimum atomic E-state index is -0.535. The maximum Gasteiger partial charge on any atom is 0.272 e. The van der Waals surface area contributed by atoms with Gasteiger partial charge in [0.25, 0.3) is 5.91 Å². The van der Waals surface area contributed by atoms with Gasteiger partial charge >= 0.3 is 0 Å². The smallest absolute Gasteiger partial charge is 0.272 e. The molecule has 2 heterocycles. The molecule has 1 amide bonds. The van der Waals surface area contributed by atoms with Crippen LogP contribution in [0.1, 0.15) is 59.0 Å². The van der Waals surface area contributed by atoms with Gasteiger partial charge in [0.2, 0.25) is 0 Å². The number of amides is 1. The monoisotopic (exact) mass is 460 g/mol. The van der Waals surface area contributed by atoms with Crippen LogP contribution < -0.4 is 10.6 Å². The lowest BCUT2D eigenvalue weighted by Gasteiger charge is -2.11. The summed E-state index contributed by atoms with van der Waals surface area (Å²) in [6.07, 6.45) is 7.27. The van der Waals surface area contributed by atoms with Crippen LogP contribution in [0.4, 0.5) is 4.39 Å². The Morgan fingerprint density at radius 1 is 1.32 bits per heavy atom. The molecule has 3 aromatic rings. The largest absolute Gasteiger partial charge is 0.393 e. The zero-order valence-electron chi connectivity index (χ0n) is 19.0. The first-order valence-corrected chi connectivity index (χ1v) is 11.0. The molecule has 4 rings (SSSR count). The summed E-state index contributed by atoms with van der Waals surface area (Å²) < 4.78 is 16.2. The van der Waals surface area contributed by atoms with Crippen molar-refractivity contribution >= 4 is 28.4 Å². The number of nitrogens with zero attached hydrogens (tertiary/aromatic N) is 5. The molecule has 174 valence electrons. The number of hydrogen-bond acceptors (Lipinski definition) is 7. The van der Waals surface area contributed by atoms with Crippen molar-refractivity contribution in [2.75, 3.05) is 7.05 Å². The van der Waals surface area contributed by atoms with E-state index in [1.54, 1.807) is 19.2 Å². The lowest BCUT2D eigenvalue weighted by molar-refractivity contribution is 0.0947. The molecule has 0 unspecified atom stereocenters. The Hall–Kier alpha value is -4.13. The van der Waals surface area contributed by atoms with Gasteiger partial charge in [-0.15, -0.1) is 0 Å². The highest BCUT2D eigenvalue weighted by atomic mass is 19.1. The number of carbonyl (C=O) groups is 1. The van der Waals surface area contributed by atoms with Crippen molar-refractivity contribution in [2.24, 2.45) is 7.05 Å². The minimum Gasteiger partial charge on any atom is -0.393 e. The van der Waals surface area contributed by atoms with E-state index in [-0.39, 0.29) is 23.5 Å². The van der Waals surface area contributed by atoms with Crippen molar-refractivity contribution in [3.05, 3.63) is 59.2 Å². The number of nitriles is 1. The number of imidazole rings is 1. The molecule has 1 aliphatic carbocycles. The molecular formula is C24H25FN8O. The van der Waals surface area contributed by atoms with Crippen molar-refractivity contribution in [3.8, 4) is 6.07 Å². The number of rotatable bonds is 7. The molecule has 0 aliphatic heterocycles. The number of carbonyl (C=O) groups excluding carboxylic acids is 1. The van der Waals surface area contributed by atoms with Crippen molar-refractivity contribution in [1.82, 2.24) is 30.2 Å². The van der Waals surface area contributed by atoms with E-state index in [4.69, 9.17) is 10.7 Å². The molecule has 0 bridgehead atoms. The van der Waals surface area contributed by atoms with Crippen LogP contribution in [0.2, 0.25) is 0 Å². The number of aryl methyl sites for hydroxylation is 1. The molecule has 10 heteroatoms. The normalized spacial score (nSPS) is 14.2. The van der Waals surface area contributed by atoms with Crippen LogP contribution in [-0.4, -0.2) is 38.2 Å². The molecular weight excluding hydrogens is 435 g/mol. The highest BCUT2D eigenvalue weighted by molar-refractivity contribution is 6.29. The third-order valence-corrected chi connectivity index (χ3v) is 6.03. The maximum absolute atomic E-state index is 14.3. The topological polar surface area (TPSA) is 132 Å². The van der Waals surface area contributed by atoms with Gasteiger partial charge in [0.15, 0.2) is 11.3 Å². The molecule has 3 N–H and O–H groups in total. The first kappa shape index (κ1) is 23.0. The van der Waals surface area contributed by atoms with Gasteiger partial charge in [-0.2, -0.15) is 5.26 Å². The van der Waals surface area contributed by atoms with Crippen molar-refractivity contribution in [2.45, 2.75) is 38.1 Å². The lowest BCUT2D eigenvalue weighted by Crippen LogP contribution is -2.25. The second kappa shape index (κ2) is 9.79. The standard InChI is InChI=1S/C24H25FN8O/c1-28-12-18(19(27)10-26)16-7-14(8-17(25)9-16)11-29-24(34)20-21-22(31-13-30-20)32-23(33(21)2)15-5-3-4-6-15/h7-9,12-13,15,27-28H,3-6,11H2,1-2H3,(H,29,34)/b18-12-,27-19?. The van der Waals surface area contributed by atoms with Crippen LogP contribution >= 0.6 is 0 Å². The van der Waals surface area contributed by atoms with Gasteiger partial charge in [0, 0.05) is 38.3 Å². The molecule has 0 saturated heterocycles. The number of hydrogen-bond donors (Lipinski definition) is 3. The molecule has 2 aromatic heterocycles. The van der Waals surface area contributed by atoms with Crippen LogP contribution in [0.15, 0.2) is 30.7 Å². The predicted molar refractivity (Wildman–Crippen MR) is 125 cm³/mol. The summed E-state index contributed by atoms with van der Waals surface area (Å²) in [5.41, 5.74) is 2.07. The highest BCUT2D eigenvalue weighted by Gasteiger charge is 2.25. The number of aromatic nitrogens is 4. The van der Waals surface area contributed by atoms with Crippen molar-refractivity contribution in [1.29, 1.82) is 10.7 Å². The van der Waals surface area contributed by atoms with Gasteiger partial charge < -0.3 is 15.2 Å². The van der Waals surface area contributed by atoms with Crippen molar-refractivity contribution in [3.63, 3.8) is 0 Å². The van der Waals surface area contributed by atoms with E-state index in [1.807, 2.05) is 11.6 Å². The number of halogens is 1. The fourth-order valence-corrected chi connectivity index (χ4v) is 4.45. The van der Waals surface area contributed by atoms with E-state index >= 15 is 0 Å². The first-order chi connectivity index (χ1) is 16.4. The van der Waals surface area contributed by atoms with Gasteiger partial charge in [-0.1, -0.05) is 12.8 Å². The number of nitrogens with one attached hydrogen (secondary N) is 3. The molecule has 9 nitrogen and oxygen atoms in total. The third kappa shape index (κ3) is 4.50. The second-order valence-electron chi connectivity index (χ2n) is 8.27. The van der Waals surface area contributed by atoms with E-state index < -0.39 is 11.7 Å². The van der Waals surface area contributed by atoms with E-state index in [2.05, 4.69) is 25.6 Å². The second-order valence-corrected chi connectivity index (χ2v) is 8.27. The number of benzene rings is 1. The molecule has 1 aliphatic rings. The van der Waals surface area contributed by atoms with Gasteiger partial charge in [-0.3, -0.25) is 10.2 Å². The van der Waals surface area contributed by atoms with Crippen LogP contribution in [0.25, 0.3) is 16.7 Å². The van der Waals surface area contributed by atoms with Gasteiger partial charge in [-0.25, -0.2) is 19.3 Å².